The molecule has 0 unspecified atom stereocenters. The summed E-state index contributed by atoms with van der Waals surface area (Å²) >= 11 is 0. The van der Waals surface area contributed by atoms with E-state index in [1.54, 1.807) is 12.4 Å². The zero-order chi connectivity index (χ0) is 15.5. The lowest BCUT2D eigenvalue weighted by Gasteiger charge is -2.24. The first kappa shape index (κ1) is 13.5. The first-order valence-electron chi connectivity index (χ1n) is 7.53. The Morgan fingerprint density at radius 1 is 0.565 bits per heavy atom. The van der Waals surface area contributed by atoms with Crippen LogP contribution in [0.4, 0.5) is 17.3 Å². The Balaban J connectivity index is 1.98. The van der Waals surface area contributed by atoms with Crippen molar-refractivity contribution >= 4 is 28.1 Å². The van der Waals surface area contributed by atoms with E-state index in [-0.39, 0.29) is 0 Å². The predicted octanol–water partition coefficient (Wildman–Crippen LogP) is 5.10. The highest BCUT2D eigenvalue weighted by molar-refractivity contribution is 5.97. The summed E-state index contributed by atoms with van der Waals surface area (Å²) in [5.41, 5.74) is 1.07. The minimum absolute atomic E-state index is 0.850. The Kier molecular flexibility index (Phi) is 3.45. The number of nitrogens with zero attached hydrogens (tertiary/aromatic N) is 3. The molecule has 0 amide bonds. The van der Waals surface area contributed by atoms with Gasteiger partial charge in [0.25, 0.3) is 0 Å². The second kappa shape index (κ2) is 5.89. The van der Waals surface area contributed by atoms with E-state index in [9.17, 15) is 0 Å². The fourth-order valence-electron chi connectivity index (χ4n) is 2.74. The van der Waals surface area contributed by atoms with E-state index in [1.807, 2.05) is 36.4 Å². The highest BCUT2D eigenvalue weighted by Gasteiger charge is 2.16. The van der Waals surface area contributed by atoms with Gasteiger partial charge in [-0.15, -0.1) is 0 Å². The molecule has 0 aliphatic heterocycles. The Hall–Kier alpha value is -3.20. The molecule has 0 spiro atoms. The van der Waals surface area contributed by atoms with Gasteiger partial charge >= 0.3 is 0 Å². The number of aromatic nitrogens is 2. The molecule has 0 saturated carbocycles. The van der Waals surface area contributed by atoms with Crippen molar-refractivity contribution in [2.24, 2.45) is 0 Å². The van der Waals surface area contributed by atoms with Gasteiger partial charge in [-0.25, -0.2) is 9.97 Å². The van der Waals surface area contributed by atoms with Crippen molar-refractivity contribution in [2.75, 3.05) is 4.90 Å². The first-order chi connectivity index (χ1) is 11.4. The van der Waals surface area contributed by atoms with Crippen molar-refractivity contribution in [1.82, 2.24) is 9.97 Å². The van der Waals surface area contributed by atoms with Crippen LogP contribution in [0.25, 0.3) is 10.8 Å². The molecule has 0 saturated heterocycles. The predicted molar refractivity (Wildman–Crippen MR) is 94.2 cm³/mol. The molecule has 0 bridgehead atoms. The average molecular weight is 297 g/mol. The molecule has 0 atom stereocenters. The molecule has 4 rings (SSSR count). The highest BCUT2D eigenvalue weighted by atomic mass is 15.2. The number of hydrogen-bond acceptors (Lipinski definition) is 3. The second-order valence-electron chi connectivity index (χ2n) is 5.21. The van der Waals surface area contributed by atoms with Crippen molar-refractivity contribution in [3.8, 4) is 0 Å². The average Bonchev–Trinajstić information content (AvgIpc) is 2.64. The van der Waals surface area contributed by atoms with Crippen molar-refractivity contribution in [3.63, 3.8) is 0 Å². The van der Waals surface area contributed by atoms with Crippen molar-refractivity contribution in [1.29, 1.82) is 0 Å². The Bertz CT molecular complexity index is 876. The minimum atomic E-state index is 0.850. The minimum Gasteiger partial charge on any atom is -0.278 e. The summed E-state index contributed by atoms with van der Waals surface area (Å²) in [6.07, 6.45) is 3.60. The molecular weight excluding hydrogens is 282 g/mol. The van der Waals surface area contributed by atoms with Crippen LogP contribution in [-0.2, 0) is 0 Å². The quantitative estimate of drug-likeness (QED) is 0.527. The van der Waals surface area contributed by atoms with Crippen LogP contribution in [0.15, 0.2) is 91.3 Å². The molecule has 2 heterocycles. The van der Waals surface area contributed by atoms with Gasteiger partial charge in [0.2, 0.25) is 0 Å². The molecule has 0 N–H and O–H groups in total. The van der Waals surface area contributed by atoms with Gasteiger partial charge in [0.15, 0.2) is 0 Å². The highest BCUT2D eigenvalue weighted by Crippen LogP contribution is 2.36. The van der Waals surface area contributed by atoms with Crippen molar-refractivity contribution in [3.05, 3.63) is 91.3 Å². The summed E-state index contributed by atoms with van der Waals surface area (Å²) in [6, 6.07) is 26.5. The molecule has 0 radical (unpaired) electrons. The van der Waals surface area contributed by atoms with Gasteiger partial charge in [-0.3, -0.25) is 4.90 Å². The summed E-state index contributed by atoms with van der Waals surface area (Å²) in [5, 5.41) is 2.37. The number of benzene rings is 2. The molecular formula is C20H15N3. The molecule has 0 aliphatic carbocycles. The molecule has 0 fully saturated rings. The molecule has 2 aromatic carbocycles. The molecule has 0 aliphatic rings. The van der Waals surface area contributed by atoms with Gasteiger partial charge in [0.1, 0.15) is 11.6 Å². The lowest BCUT2D eigenvalue weighted by Crippen LogP contribution is -2.13. The van der Waals surface area contributed by atoms with E-state index < -0.39 is 0 Å². The number of fused-ring (bicyclic) bond motifs is 1. The molecule has 2 aromatic heterocycles. The number of pyridine rings is 2. The van der Waals surface area contributed by atoms with E-state index in [0.717, 1.165) is 17.3 Å². The summed E-state index contributed by atoms with van der Waals surface area (Å²) in [4.78, 5) is 11.1. The summed E-state index contributed by atoms with van der Waals surface area (Å²) < 4.78 is 0. The maximum Gasteiger partial charge on any atom is 0.138 e. The van der Waals surface area contributed by atoms with Crippen LogP contribution in [0.2, 0.25) is 0 Å². The summed E-state index contributed by atoms with van der Waals surface area (Å²) in [6.45, 7) is 0. The van der Waals surface area contributed by atoms with Crippen LogP contribution in [-0.4, -0.2) is 9.97 Å². The number of rotatable bonds is 3. The SMILES string of the molecule is c1ccc(N(c2ccccn2)c2cccc3ccccc23)nc1. The van der Waals surface area contributed by atoms with Crippen molar-refractivity contribution < 1.29 is 0 Å². The van der Waals surface area contributed by atoms with Gasteiger partial charge in [-0.2, -0.15) is 0 Å². The van der Waals surface area contributed by atoms with Gasteiger partial charge in [0, 0.05) is 17.8 Å². The maximum atomic E-state index is 4.52. The largest absolute Gasteiger partial charge is 0.278 e. The monoisotopic (exact) mass is 297 g/mol. The Labute approximate surface area is 134 Å². The second-order valence-corrected chi connectivity index (χ2v) is 5.21. The third-order valence-corrected chi connectivity index (χ3v) is 3.76. The zero-order valence-corrected chi connectivity index (χ0v) is 12.5. The van der Waals surface area contributed by atoms with Crippen LogP contribution in [0, 0.1) is 0 Å². The fraction of sp³-hybridized carbons (Fsp3) is 0. The smallest absolute Gasteiger partial charge is 0.138 e. The normalized spacial score (nSPS) is 10.6. The lowest BCUT2D eigenvalue weighted by molar-refractivity contribution is 1.13. The van der Waals surface area contributed by atoms with Gasteiger partial charge in [0.05, 0.1) is 5.69 Å². The van der Waals surface area contributed by atoms with Gasteiger partial charge < -0.3 is 0 Å². The van der Waals surface area contributed by atoms with Crippen LogP contribution in [0.1, 0.15) is 0 Å². The van der Waals surface area contributed by atoms with Crippen molar-refractivity contribution in [2.45, 2.75) is 0 Å². The van der Waals surface area contributed by atoms with Crippen LogP contribution in [0.5, 0.6) is 0 Å². The van der Waals surface area contributed by atoms with Crippen LogP contribution < -0.4 is 4.90 Å². The van der Waals surface area contributed by atoms with E-state index >= 15 is 0 Å². The molecule has 3 nitrogen and oxygen atoms in total. The van der Waals surface area contributed by atoms with E-state index in [2.05, 4.69) is 57.3 Å². The van der Waals surface area contributed by atoms with Gasteiger partial charge in [-0.05, 0) is 35.7 Å². The zero-order valence-electron chi connectivity index (χ0n) is 12.5. The van der Waals surface area contributed by atoms with Gasteiger partial charge in [-0.1, -0.05) is 48.5 Å². The molecule has 4 aromatic rings. The van der Waals surface area contributed by atoms with E-state index in [0.29, 0.717) is 0 Å². The van der Waals surface area contributed by atoms with E-state index in [4.69, 9.17) is 0 Å². The Morgan fingerprint density at radius 3 is 1.83 bits per heavy atom. The topological polar surface area (TPSA) is 29.0 Å². The summed E-state index contributed by atoms with van der Waals surface area (Å²) in [5.74, 6) is 1.70. The Morgan fingerprint density at radius 2 is 1.17 bits per heavy atom. The molecule has 23 heavy (non-hydrogen) atoms. The molecule has 110 valence electrons. The van der Waals surface area contributed by atoms with E-state index in [1.165, 1.54) is 10.8 Å². The summed E-state index contributed by atoms with van der Waals surface area (Å²) in [7, 11) is 0. The third-order valence-electron chi connectivity index (χ3n) is 3.76. The fourth-order valence-corrected chi connectivity index (χ4v) is 2.74. The van der Waals surface area contributed by atoms with Crippen LogP contribution >= 0.6 is 0 Å². The number of hydrogen-bond donors (Lipinski definition) is 0. The van der Waals surface area contributed by atoms with Crippen LogP contribution in [0.3, 0.4) is 0 Å². The standard InChI is InChI=1S/C20H15N3/c1-2-10-17-16(8-1)9-7-11-18(17)23(19-12-3-5-14-21-19)20-13-4-6-15-22-20/h1-15H. The molecule has 3 heteroatoms. The lowest BCUT2D eigenvalue weighted by atomic mass is 10.1. The first-order valence-corrected chi connectivity index (χ1v) is 7.53. The third kappa shape index (κ3) is 2.53. The maximum absolute atomic E-state index is 4.52. The number of anilines is 3.